The van der Waals surface area contributed by atoms with Gasteiger partial charge < -0.3 is 4.57 Å². The molecule has 4 aliphatic carbocycles. The van der Waals surface area contributed by atoms with Crippen molar-refractivity contribution >= 4 is 11.3 Å². The van der Waals surface area contributed by atoms with Crippen LogP contribution in [0.2, 0.25) is 0 Å². The molecular weight excluding hydrogens is 278 g/mol. The zero-order chi connectivity index (χ0) is 14.0. The molecule has 0 aliphatic heterocycles. The van der Waals surface area contributed by atoms with Gasteiger partial charge in [-0.05, 0) is 67.7 Å². The van der Waals surface area contributed by atoms with Gasteiger partial charge in [-0.2, -0.15) is 0 Å². The van der Waals surface area contributed by atoms with Crippen LogP contribution in [0.1, 0.15) is 44.3 Å². The molecule has 0 spiro atoms. The smallest absolute Gasteiger partial charge is 0.173 e. The molecule has 110 valence electrons. The van der Waals surface area contributed by atoms with E-state index in [-0.39, 0.29) is 0 Å². The van der Waals surface area contributed by atoms with E-state index in [2.05, 4.69) is 39.3 Å². The first-order valence-corrected chi connectivity index (χ1v) is 9.05. The van der Waals surface area contributed by atoms with Crippen LogP contribution in [0, 0.1) is 17.8 Å². The SMILES string of the molecule is Cn1c(-c2cccs2)nnc1C12CC3CC(CC(C3)C1)C2. The Hall–Kier alpha value is -1.16. The Labute approximate surface area is 129 Å². The summed E-state index contributed by atoms with van der Waals surface area (Å²) in [4.78, 5) is 1.24. The van der Waals surface area contributed by atoms with Crippen LogP contribution in [-0.4, -0.2) is 14.8 Å². The molecule has 4 heteroatoms. The number of rotatable bonds is 2. The predicted molar refractivity (Wildman–Crippen MR) is 84.2 cm³/mol. The van der Waals surface area contributed by atoms with Crippen LogP contribution in [0.25, 0.3) is 10.7 Å². The molecule has 2 aromatic heterocycles. The second-order valence-electron chi connectivity index (χ2n) is 7.58. The molecule has 3 nitrogen and oxygen atoms in total. The van der Waals surface area contributed by atoms with Gasteiger partial charge in [-0.25, -0.2) is 0 Å². The lowest BCUT2D eigenvalue weighted by atomic mass is 9.49. The van der Waals surface area contributed by atoms with Crippen molar-refractivity contribution in [3.8, 4) is 10.7 Å². The van der Waals surface area contributed by atoms with E-state index in [1.165, 1.54) is 49.2 Å². The Morgan fingerprint density at radius 3 is 2.33 bits per heavy atom. The number of aromatic nitrogens is 3. The van der Waals surface area contributed by atoms with E-state index in [1.54, 1.807) is 11.3 Å². The molecule has 2 heterocycles. The molecular formula is C17H21N3S. The third kappa shape index (κ3) is 1.71. The Bertz CT molecular complexity index is 635. The lowest BCUT2D eigenvalue weighted by Crippen LogP contribution is -2.49. The van der Waals surface area contributed by atoms with Gasteiger partial charge in [-0.15, -0.1) is 21.5 Å². The molecule has 2 aromatic rings. The van der Waals surface area contributed by atoms with Crippen LogP contribution < -0.4 is 0 Å². The monoisotopic (exact) mass is 299 g/mol. The first-order chi connectivity index (χ1) is 10.2. The number of hydrogen-bond acceptors (Lipinski definition) is 3. The summed E-state index contributed by atoms with van der Waals surface area (Å²) in [6.45, 7) is 0. The Balaban J connectivity index is 1.59. The number of hydrogen-bond donors (Lipinski definition) is 0. The average molecular weight is 299 g/mol. The summed E-state index contributed by atoms with van der Waals surface area (Å²) in [5.74, 6) is 5.19. The largest absolute Gasteiger partial charge is 0.313 e. The third-order valence-electron chi connectivity index (χ3n) is 6.13. The van der Waals surface area contributed by atoms with Crippen LogP contribution in [0.5, 0.6) is 0 Å². The molecule has 0 radical (unpaired) electrons. The molecule has 0 atom stereocenters. The van der Waals surface area contributed by atoms with Crippen LogP contribution in [0.15, 0.2) is 17.5 Å². The van der Waals surface area contributed by atoms with Crippen LogP contribution in [-0.2, 0) is 12.5 Å². The van der Waals surface area contributed by atoms with Gasteiger partial charge >= 0.3 is 0 Å². The summed E-state index contributed by atoms with van der Waals surface area (Å²) in [6.07, 6.45) is 8.51. The lowest BCUT2D eigenvalue weighted by molar-refractivity contribution is -0.0107. The van der Waals surface area contributed by atoms with Crippen LogP contribution >= 0.6 is 11.3 Å². The Morgan fingerprint density at radius 2 is 1.76 bits per heavy atom. The van der Waals surface area contributed by atoms with E-state index in [9.17, 15) is 0 Å². The van der Waals surface area contributed by atoms with E-state index in [1.807, 2.05) is 0 Å². The minimum atomic E-state index is 0.339. The van der Waals surface area contributed by atoms with Gasteiger partial charge in [-0.1, -0.05) is 6.07 Å². The van der Waals surface area contributed by atoms with Gasteiger partial charge in [0.1, 0.15) is 5.82 Å². The van der Waals surface area contributed by atoms with Crippen molar-refractivity contribution in [2.45, 2.75) is 43.9 Å². The summed E-state index contributed by atoms with van der Waals surface area (Å²) in [6, 6.07) is 4.25. The maximum atomic E-state index is 4.68. The molecule has 0 amide bonds. The Kier molecular flexibility index (Phi) is 2.47. The van der Waals surface area contributed by atoms with Crippen LogP contribution in [0.3, 0.4) is 0 Å². The van der Waals surface area contributed by atoms with Crippen LogP contribution in [0.4, 0.5) is 0 Å². The second kappa shape index (κ2) is 4.19. The van der Waals surface area contributed by atoms with Gasteiger partial charge in [0.2, 0.25) is 0 Å². The summed E-state index contributed by atoms with van der Waals surface area (Å²) < 4.78 is 2.29. The van der Waals surface area contributed by atoms with Crippen molar-refractivity contribution < 1.29 is 0 Å². The van der Waals surface area contributed by atoms with Gasteiger partial charge in [0.05, 0.1) is 4.88 Å². The van der Waals surface area contributed by atoms with Gasteiger partial charge in [0.25, 0.3) is 0 Å². The molecule has 4 aliphatic rings. The number of thiophene rings is 1. The van der Waals surface area contributed by atoms with Gasteiger partial charge in [0, 0.05) is 12.5 Å². The lowest BCUT2D eigenvalue weighted by Gasteiger charge is -2.56. The molecule has 0 aromatic carbocycles. The molecule has 6 rings (SSSR count). The van der Waals surface area contributed by atoms with Crippen molar-refractivity contribution in [1.82, 2.24) is 14.8 Å². The molecule has 4 fully saturated rings. The molecule has 21 heavy (non-hydrogen) atoms. The average Bonchev–Trinajstić information content (AvgIpc) is 3.05. The summed E-state index contributed by atoms with van der Waals surface area (Å²) in [5.41, 5.74) is 0.339. The molecule has 0 saturated heterocycles. The molecule has 0 N–H and O–H groups in total. The van der Waals surface area contributed by atoms with E-state index >= 15 is 0 Å². The molecule has 4 bridgehead atoms. The van der Waals surface area contributed by atoms with Crippen molar-refractivity contribution in [3.63, 3.8) is 0 Å². The second-order valence-corrected chi connectivity index (χ2v) is 8.53. The standard InChI is InChI=1S/C17H21N3S/c1-20-15(14-3-2-4-21-14)18-19-16(20)17-8-11-5-12(9-17)7-13(6-11)10-17/h2-4,11-13H,5-10H2,1H3. The predicted octanol–water partition coefficient (Wildman–Crippen LogP) is 4.01. The van der Waals surface area contributed by atoms with Crippen molar-refractivity contribution in [2.75, 3.05) is 0 Å². The summed E-state index contributed by atoms with van der Waals surface area (Å²) in [7, 11) is 2.17. The highest BCUT2D eigenvalue weighted by Gasteiger charge is 2.53. The fraction of sp³-hybridized carbons (Fsp3) is 0.647. The van der Waals surface area contributed by atoms with Gasteiger partial charge in [0.15, 0.2) is 5.82 Å². The molecule has 4 saturated carbocycles. The topological polar surface area (TPSA) is 30.7 Å². The summed E-state index contributed by atoms with van der Waals surface area (Å²) in [5, 5.41) is 11.3. The highest BCUT2D eigenvalue weighted by atomic mass is 32.1. The number of nitrogens with zero attached hydrogens (tertiary/aromatic N) is 3. The third-order valence-corrected chi connectivity index (χ3v) is 6.99. The quantitative estimate of drug-likeness (QED) is 0.839. The minimum absolute atomic E-state index is 0.339. The van der Waals surface area contributed by atoms with Crippen molar-refractivity contribution in [2.24, 2.45) is 24.8 Å². The zero-order valence-electron chi connectivity index (χ0n) is 12.5. The highest BCUT2D eigenvalue weighted by Crippen LogP contribution is 2.60. The van der Waals surface area contributed by atoms with Crippen molar-refractivity contribution in [1.29, 1.82) is 0 Å². The Morgan fingerprint density at radius 1 is 1.10 bits per heavy atom. The fourth-order valence-electron chi connectivity index (χ4n) is 5.80. The van der Waals surface area contributed by atoms with Gasteiger partial charge in [-0.3, -0.25) is 0 Å². The molecule has 0 unspecified atom stereocenters. The summed E-state index contributed by atoms with van der Waals surface area (Å²) >= 11 is 1.76. The first-order valence-electron chi connectivity index (χ1n) is 8.17. The minimum Gasteiger partial charge on any atom is -0.313 e. The maximum absolute atomic E-state index is 4.68. The van der Waals surface area contributed by atoms with E-state index in [4.69, 9.17) is 0 Å². The normalized spacial score (nSPS) is 37.3. The van der Waals surface area contributed by atoms with Crippen molar-refractivity contribution in [3.05, 3.63) is 23.3 Å². The highest BCUT2D eigenvalue weighted by molar-refractivity contribution is 7.13. The van der Waals surface area contributed by atoms with E-state index in [0.29, 0.717) is 5.41 Å². The zero-order valence-corrected chi connectivity index (χ0v) is 13.3. The first kappa shape index (κ1) is 12.4. The van der Waals surface area contributed by atoms with E-state index in [0.717, 1.165) is 23.6 Å². The van der Waals surface area contributed by atoms with E-state index < -0.39 is 0 Å². The fourth-order valence-corrected chi connectivity index (χ4v) is 6.54. The maximum Gasteiger partial charge on any atom is 0.173 e.